The standard InChI is InChI=1S/C11H23N5O/c1-9(2)8-12-10(3)11-13-14-15-16(11)6-5-7-17-4/h9-10,12H,5-8H2,1-4H3. The molecule has 1 atom stereocenters. The second-order valence-corrected chi connectivity index (χ2v) is 4.63. The van der Waals surface area contributed by atoms with E-state index < -0.39 is 0 Å². The molecule has 6 nitrogen and oxygen atoms in total. The quantitative estimate of drug-likeness (QED) is 0.688. The fourth-order valence-electron chi connectivity index (χ4n) is 1.54. The van der Waals surface area contributed by atoms with Crippen LogP contribution in [0.4, 0.5) is 0 Å². The minimum absolute atomic E-state index is 0.176. The van der Waals surface area contributed by atoms with Crippen LogP contribution in [0.15, 0.2) is 0 Å². The second kappa shape index (κ2) is 7.34. The van der Waals surface area contributed by atoms with E-state index in [-0.39, 0.29) is 6.04 Å². The molecule has 0 aromatic carbocycles. The molecule has 6 heteroatoms. The summed E-state index contributed by atoms with van der Waals surface area (Å²) in [7, 11) is 1.70. The Morgan fingerprint density at radius 3 is 2.76 bits per heavy atom. The van der Waals surface area contributed by atoms with Crippen molar-refractivity contribution in [1.29, 1.82) is 0 Å². The van der Waals surface area contributed by atoms with Crippen molar-refractivity contribution in [2.45, 2.75) is 39.8 Å². The Hall–Kier alpha value is -1.01. The SMILES string of the molecule is COCCCn1nnnc1C(C)NCC(C)C. The van der Waals surface area contributed by atoms with Gasteiger partial charge in [-0.25, -0.2) is 4.68 Å². The van der Waals surface area contributed by atoms with E-state index in [0.29, 0.717) is 5.92 Å². The minimum atomic E-state index is 0.176. The van der Waals surface area contributed by atoms with Crippen LogP contribution in [0.3, 0.4) is 0 Å². The van der Waals surface area contributed by atoms with Gasteiger partial charge in [-0.1, -0.05) is 13.8 Å². The topological polar surface area (TPSA) is 64.9 Å². The molecule has 0 aliphatic rings. The van der Waals surface area contributed by atoms with Gasteiger partial charge in [0.25, 0.3) is 0 Å². The Morgan fingerprint density at radius 1 is 1.35 bits per heavy atom. The largest absolute Gasteiger partial charge is 0.385 e. The van der Waals surface area contributed by atoms with Crippen molar-refractivity contribution in [3.8, 4) is 0 Å². The van der Waals surface area contributed by atoms with Crippen LogP contribution in [0.1, 0.15) is 39.1 Å². The van der Waals surface area contributed by atoms with Gasteiger partial charge in [0, 0.05) is 20.3 Å². The van der Waals surface area contributed by atoms with Crippen molar-refractivity contribution in [3.63, 3.8) is 0 Å². The average Bonchev–Trinajstić information content (AvgIpc) is 2.74. The van der Waals surface area contributed by atoms with Crippen molar-refractivity contribution in [3.05, 3.63) is 5.82 Å². The Balaban J connectivity index is 2.48. The van der Waals surface area contributed by atoms with E-state index in [1.807, 2.05) is 4.68 Å². The highest BCUT2D eigenvalue weighted by Crippen LogP contribution is 2.08. The van der Waals surface area contributed by atoms with Gasteiger partial charge < -0.3 is 10.1 Å². The highest BCUT2D eigenvalue weighted by molar-refractivity contribution is 4.89. The normalized spacial score (nSPS) is 13.2. The van der Waals surface area contributed by atoms with Crippen molar-refractivity contribution in [2.24, 2.45) is 5.92 Å². The molecule has 0 saturated heterocycles. The molecule has 1 heterocycles. The summed E-state index contributed by atoms with van der Waals surface area (Å²) in [4.78, 5) is 0. The highest BCUT2D eigenvalue weighted by atomic mass is 16.5. The number of tetrazole rings is 1. The van der Waals surface area contributed by atoms with E-state index in [1.165, 1.54) is 0 Å². The Labute approximate surface area is 103 Å². The molecule has 0 spiro atoms. The second-order valence-electron chi connectivity index (χ2n) is 4.63. The molecule has 0 amide bonds. The third-order valence-corrected chi connectivity index (χ3v) is 2.50. The number of nitrogens with zero attached hydrogens (tertiary/aromatic N) is 4. The predicted octanol–water partition coefficient (Wildman–Crippen LogP) is 1.02. The van der Waals surface area contributed by atoms with Crippen molar-refractivity contribution < 1.29 is 4.74 Å². The summed E-state index contributed by atoms with van der Waals surface area (Å²) in [5.74, 6) is 1.51. The van der Waals surface area contributed by atoms with Crippen LogP contribution in [-0.2, 0) is 11.3 Å². The molecule has 0 fully saturated rings. The molecule has 1 rings (SSSR count). The first-order valence-corrected chi connectivity index (χ1v) is 6.13. The van der Waals surface area contributed by atoms with Crippen LogP contribution in [0, 0.1) is 5.92 Å². The molecule has 0 bridgehead atoms. The minimum Gasteiger partial charge on any atom is -0.385 e. The summed E-state index contributed by atoms with van der Waals surface area (Å²) < 4.78 is 6.87. The van der Waals surface area contributed by atoms with Crippen LogP contribution in [0.25, 0.3) is 0 Å². The smallest absolute Gasteiger partial charge is 0.167 e. The number of hydrogen-bond acceptors (Lipinski definition) is 5. The number of nitrogens with one attached hydrogen (secondary N) is 1. The molecule has 0 saturated carbocycles. The summed E-state index contributed by atoms with van der Waals surface area (Å²) >= 11 is 0. The van der Waals surface area contributed by atoms with Crippen molar-refractivity contribution >= 4 is 0 Å². The lowest BCUT2D eigenvalue weighted by atomic mass is 10.2. The number of aryl methyl sites for hydroxylation is 1. The first kappa shape index (κ1) is 14.1. The molecule has 0 aliphatic heterocycles. The molecule has 17 heavy (non-hydrogen) atoms. The van der Waals surface area contributed by atoms with E-state index >= 15 is 0 Å². The Bertz CT molecular complexity index is 313. The first-order chi connectivity index (χ1) is 8.15. The molecular formula is C11H23N5O. The maximum atomic E-state index is 5.02. The maximum Gasteiger partial charge on any atom is 0.167 e. The first-order valence-electron chi connectivity index (χ1n) is 6.13. The maximum absolute atomic E-state index is 5.02. The van der Waals surface area contributed by atoms with Crippen LogP contribution in [0.5, 0.6) is 0 Å². The lowest BCUT2D eigenvalue weighted by molar-refractivity contribution is 0.188. The fraction of sp³-hybridized carbons (Fsp3) is 0.909. The van der Waals surface area contributed by atoms with Crippen molar-refractivity contribution in [1.82, 2.24) is 25.5 Å². The Kier molecular flexibility index (Phi) is 6.07. The van der Waals surface area contributed by atoms with E-state index in [1.54, 1.807) is 7.11 Å². The summed E-state index contributed by atoms with van der Waals surface area (Å²) in [6.07, 6.45) is 0.922. The summed E-state index contributed by atoms with van der Waals surface area (Å²) in [6, 6.07) is 0.176. The average molecular weight is 241 g/mol. The van der Waals surface area contributed by atoms with Gasteiger partial charge in [-0.15, -0.1) is 5.10 Å². The molecule has 0 aliphatic carbocycles. The van der Waals surface area contributed by atoms with Crippen LogP contribution < -0.4 is 5.32 Å². The fourth-order valence-corrected chi connectivity index (χ4v) is 1.54. The Morgan fingerprint density at radius 2 is 2.12 bits per heavy atom. The van der Waals surface area contributed by atoms with Gasteiger partial charge in [0.1, 0.15) is 0 Å². The molecule has 98 valence electrons. The van der Waals surface area contributed by atoms with E-state index in [4.69, 9.17) is 4.74 Å². The van der Waals surface area contributed by atoms with Gasteiger partial charge in [0.15, 0.2) is 5.82 Å². The van der Waals surface area contributed by atoms with Gasteiger partial charge in [-0.05, 0) is 36.2 Å². The number of hydrogen-bond donors (Lipinski definition) is 1. The van der Waals surface area contributed by atoms with Gasteiger partial charge in [0.2, 0.25) is 0 Å². The number of aromatic nitrogens is 4. The zero-order valence-corrected chi connectivity index (χ0v) is 11.2. The molecule has 1 aromatic heterocycles. The van der Waals surface area contributed by atoms with Gasteiger partial charge in [0.05, 0.1) is 6.04 Å². The van der Waals surface area contributed by atoms with Crippen LogP contribution in [0.2, 0.25) is 0 Å². The van der Waals surface area contributed by atoms with E-state index in [0.717, 1.165) is 31.9 Å². The zero-order valence-electron chi connectivity index (χ0n) is 11.2. The van der Waals surface area contributed by atoms with Crippen LogP contribution >= 0.6 is 0 Å². The van der Waals surface area contributed by atoms with Gasteiger partial charge >= 0.3 is 0 Å². The van der Waals surface area contributed by atoms with Crippen LogP contribution in [-0.4, -0.2) is 40.5 Å². The highest BCUT2D eigenvalue weighted by Gasteiger charge is 2.13. The van der Waals surface area contributed by atoms with Crippen molar-refractivity contribution in [2.75, 3.05) is 20.3 Å². The van der Waals surface area contributed by atoms with E-state index in [2.05, 4.69) is 41.6 Å². The van der Waals surface area contributed by atoms with Gasteiger partial charge in [-0.3, -0.25) is 0 Å². The number of rotatable bonds is 8. The van der Waals surface area contributed by atoms with E-state index in [9.17, 15) is 0 Å². The molecule has 1 N–H and O–H groups in total. The molecular weight excluding hydrogens is 218 g/mol. The third kappa shape index (κ3) is 4.79. The summed E-state index contributed by atoms with van der Waals surface area (Å²) in [5, 5.41) is 15.2. The molecule has 0 radical (unpaired) electrons. The lowest BCUT2D eigenvalue weighted by Gasteiger charge is -2.14. The number of methoxy groups -OCH3 is 1. The lowest BCUT2D eigenvalue weighted by Crippen LogP contribution is -2.26. The summed E-state index contributed by atoms with van der Waals surface area (Å²) in [6.45, 7) is 8.94. The monoisotopic (exact) mass is 241 g/mol. The zero-order chi connectivity index (χ0) is 12.7. The number of ether oxygens (including phenoxy) is 1. The summed E-state index contributed by atoms with van der Waals surface area (Å²) in [5.41, 5.74) is 0. The third-order valence-electron chi connectivity index (χ3n) is 2.50. The van der Waals surface area contributed by atoms with Gasteiger partial charge in [-0.2, -0.15) is 0 Å². The molecule has 1 unspecified atom stereocenters. The molecule has 1 aromatic rings. The predicted molar refractivity (Wildman–Crippen MR) is 65.6 cm³/mol.